The predicted molar refractivity (Wildman–Crippen MR) is 86.5 cm³/mol. The molecule has 1 aromatic heterocycles. The van der Waals surface area contributed by atoms with Crippen molar-refractivity contribution in [3.63, 3.8) is 0 Å². The van der Waals surface area contributed by atoms with Gasteiger partial charge in [-0.1, -0.05) is 0 Å². The highest BCUT2D eigenvalue weighted by Gasteiger charge is 2.33. The van der Waals surface area contributed by atoms with Gasteiger partial charge in [0, 0.05) is 44.2 Å². The minimum atomic E-state index is 0.227. The first-order valence-corrected chi connectivity index (χ1v) is 8.50. The molecule has 0 aromatic carbocycles. The molecule has 0 bridgehead atoms. The summed E-state index contributed by atoms with van der Waals surface area (Å²) in [7, 11) is 0. The maximum atomic E-state index is 11.9. The number of hydrogen-bond donors (Lipinski definition) is 1. The zero-order chi connectivity index (χ0) is 15.6. The summed E-state index contributed by atoms with van der Waals surface area (Å²) in [4.78, 5) is 16.4. The standard InChI is InChI=1S/C16H23N5O2/c22-16(12-1-2-12)18-13-3-4-21(11-13)15-9-14(10-17-19-15)20-5-7-23-8-6-20/h9-10,12-13H,1-8,11H2,(H,18,22). The van der Waals surface area contributed by atoms with E-state index < -0.39 is 0 Å². The first-order chi connectivity index (χ1) is 11.3. The molecule has 2 aliphatic heterocycles. The molecule has 1 N–H and O–H groups in total. The van der Waals surface area contributed by atoms with Crippen LogP contribution >= 0.6 is 0 Å². The third kappa shape index (κ3) is 3.39. The van der Waals surface area contributed by atoms with Gasteiger partial charge in [0.15, 0.2) is 5.82 Å². The number of carbonyl (C=O) groups is 1. The lowest BCUT2D eigenvalue weighted by atomic mass is 10.2. The zero-order valence-corrected chi connectivity index (χ0v) is 13.3. The summed E-state index contributed by atoms with van der Waals surface area (Å²) >= 11 is 0. The Morgan fingerprint density at radius 3 is 2.78 bits per heavy atom. The molecule has 1 aromatic rings. The van der Waals surface area contributed by atoms with Gasteiger partial charge in [-0.15, -0.1) is 5.10 Å². The average molecular weight is 317 g/mol. The van der Waals surface area contributed by atoms with E-state index in [0.29, 0.717) is 0 Å². The molecular formula is C16H23N5O2. The zero-order valence-electron chi connectivity index (χ0n) is 13.3. The Kier molecular flexibility index (Phi) is 4.03. The summed E-state index contributed by atoms with van der Waals surface area (Å²) in [5.74, 6) is 1.40. The molecule has 1 unspecified atom stereocenters. The highest BCUT2D eigenvalue weighted by Crippen LogP contribution is 2.29. The van der Waals surface area contributed by atoms with Crippen molar-refractivity contribution in [1.82, 2.24) is 15.5 Å². The van der Waals surface area contributed by atoms with E-state index >= 15 is 0 Å². The molecule has 1 saturated carbocycles. The molecule has 7 heteroatoms. The first-order valence-electron chi connectivity index (χ1n) is 8.50. The van der Waals surface area contributed by atoms with Crippen LogP contribution in [0.5, 0.6) is 0 Å². The van der Waals surface area contributed by atoms with Crippen LogP contribution in [-0.2, 0) is 9.53 Å². The van der Waals surface area contributed by atoms with Gasteiger partial charge >= 0.3 is 0 Å². The third-order valence-electron chi connectivity index (χ3n) is 4.81. The van der Waals surface area contributed by atoms with E-state index in [-0.39, 0.29) is 17.9 Å². The van der Waals surface area contributed by atoms with E-state index in [1.807, 2.05) is 6.20 Å². The summed E-state index contributed by atoms with van der Waals surface area (Å²) in [5, 5.41) is 11.6. The van der Waals surface area contributed by atoms with Crippen LogP contribution in [-0.4, -0.2) is 61.5 Å². The van der Waals surface area contributed by atoms with E-state index in [1.54, 1.807) is 0 Å². The van der Waals surface area contributed by atoms with E-state index in [1.165, 1.54) is 0 Å². The van der Waals surface area contributed by atoms with E-state index in [9.17, 15) is 4.79 Å². The predicted octanol–water partition coefficient (Wildman–Crippen LogP) is 0.418. The number of nitrogens with one attached hydrogen (secondary N) is 1. The van der Waals surface area contributed by atoms with Crippen LogP contribution in [0.15, 0.2) is 12.3 Å². The maximum absolute atomic E-state index is 11.9. The Balaban J connectivity index is 1.39. The van der Waals surface area contributed by atoms with Crippen molar-refractivity contribution in [2.24, 2.45) is 5.92 Å². The van der Waals surface area contributed by atoms with Gasteiger partial charge in [-0.2, -0.15) is 5.10 Å². The molecule has 0 radical (unpaired) electrons. The lowest BCUT2D eigenvalue weighted by molar-refractivity contribution is -0.122. The molecule has 3 aliphatic rings. The lowest BCUT2D eigenvalue weighted by Crippen LogP contribution is -2.38. The van der Waals surface area contributed by atoms with Gasteiger partial charge in [0.25, 0.3) is 0 Å². The number of ether oxygens (including phenoxy) is 1. The van der Waals surface area contributed by atoms with Gasteiger partial charge in [0.1, 0.15) is 0 Å². The van der Waals surface area contributed by atoms with Crippen molar-refractivity contribution in [3.8, 4) is 0 Å². The minimum Gasteiger partial charge on any atom is -0.378 e. The lowest BCUT2D eigenvalue weighted by Gasteiger charge is -2.29. The average Bonchev–Trinajstić information content (AvgIpc) is 3.36. The number of aromatic nitrogens is 2. The molecule has 7 nitrogen and oxygen atoms in total. The number of hydrogen-bond acceptors (Lipinski definition) is 6. The van der Waals surface area contributed by atoms with Crippen molar-refractivity contribution in [2.45, 2.75) is 25.3 Å². The van der Waals surface area contributed by atoms with E-state index in [0.717, 1.165) is 70.2 Å². The maximum Gasteiger partial charge on any atom is 0.223 e. The number of nitrogens with zero attached hydrogens (tertiary/aromatic N) is 4. The van der Waals surface area contributed by atoms with Gasteiger partial charge < -0.3 is 19.9 Å². The van der Waals surface area contributed by atoms with Crippen LogP contribution in [0, 0.1) is 5.92 Å². The molecule has 1 aliphatic carbocycles. The van der Waals surface area contributed by atoms with Crippen molar-refractivity contribution in [3.05, 3.63) is 12.3 Å². The molecule has 0 spiro atoms. The highest BCUT2D eigenvalue weighted by molar-refractivity contribution is 5.81. The number of rotatable bonds is 4. The number of morpholine rings is 1. The highest BCUT2D eigenvalue weighted by atomic mass is 16.5. The summed E-state index contributed by atoms with van der Waals surface area (Å²) in [6, 6.07) is 2.33. The Bertz CT molecular complexity index is 571. The second-order valence-corrected chi connectivity index (χ2v) is 6.59. The molecule has 1 atom stereocenters. The minimum absolute atomic E-state index is 0.227. The van der Waals surface area contributed by atoms with Crippen LogP contribution in [0.25, 0.3) is 0 Å². The Labute approximate surface area is 136 Å². The van der Waals surface area contributed by atoms with Gasteiger partial charge in [-0.25, -0.2) is 0 Å². The fraction of sp³-hybridized carbons (Fsp3) is 0.688. The second kappa shape index (κ2) is 6.31. The topological polar surface area (TPSA) is 70.6 Å². The Morgan fingerprint density at radius 1 is 1.17 bits per heavy atom. The fourth-order valence-corrected chi connectivity index (χ4v) is 3.25. The normalized spacial score (nSPS) is 24.8. The van der Waals surface area contributed by atoms with Crippen molar-refractivity contribution in [2.75, 3.05) is 49.2 Å². The van der Waals surface area contributed by atoms with Crippen LogP contribution < -0.4 is 15.1 Å². The smallest absolute Gasteiger partial charge is 0.223 e. The molecule has 1 amide bonds. The second-order valence-electron chi connectivity index (χ2n) is 6.59. The quantitative estimate of drug-likeness (QED) is 0.868. The van der Waals surface area contributed by atoms with Crippen molar-refractivity contribution in [1.29, 1.82) is 0 Å². The Morgan fingerprint density at radius 2 is 2.00 bits per heavy atom. The number of amides is 1. The molecule has 3 fully saturated rings. The largest absolute Gasteiger partial charge is 0.378 e. The number of carbonyl (C=O) groups excluding carboxylic acids is 1. The third-order valence-corrected chi connectivity index (χ3v) is 4.81. The summed E-state index contributed by atoms with van der Waals surface area (Å²) in [6.45, 7) is 5.04. The SMILES string of the molecule is O=C(NC1CCN(c2cc(N3CCOCC3)cnn2)C1)C1CC1. The molecule has 2 saturated heterocycles. The summed E-state index contributed by atoms with van der Waals surface area (Å²) in [5.41, 5.74) is 1.10. The van der Waals surface area contributed by atoms with E-state index in [2.05, 4.69) is 31.4 Å². The van der Waals surface area contributed by atoms with Crippen LogP contribution in [0.1, 0.15) is 19.3 Å². The monoisotopic (exact) mass is 317 g/mol. The number of anilines is 2. The van der Waals surface area contributed by atoms with Crippen LogP contribution in [0.2, 0.25) is 0 Å². The van der Waals surface area contributed by atoms with Gasteiger partial charge in [0.05, 0.1) is 25.1 Å². The van der Waals surface area contributed by atoms with Gasteiger partial charge in [0.2, 0.25) is 5.91 Å². The van der Waals surface area contributed by atoms with Crippen molar-refractivity contribution >= 4 is 17.4 Å². The van der Waals surface area contributed by atoms with Gasteiger partial charge in [-0.05, 0) is 19.3 Å². The first kappa shape index (κ1) is 14.7. The molecule has 3 heterocycles. The van der Waals surface area contributed by atoms with Crippen LogP contribution in [0.3, 0.4) is 0 Å². The summed E-state index contributed by atoms with van der Waals surface area (Å²) in [6.07, 6.45) is 4.89. The van der Waals surface area contributed by atoms with Crippen molar-refractivity contribution < 1.29 is 9.53 Å². The van der Waals surface area contributed by atoms with Gasteiger partial charge in [-0.3, -0.25) is 4.79 Å². The molecule has 23 heavy (non-hydrogen) atoms. The molecule has 4 rings (SSSR count). The fourth-order valence-electron chi connectivity index (χ4n) is 3.25. The van der Waals surface area contributed by atoms with E-state index in [4.69, 9.17) is 4.74 Å². The molecule has 124 valence electrons. The Hall–Kier alpha value is -1.89. The molecular weight excluding hydrogens is 294 g/mol. The summed E-state index contributed by atoms with van der Waals surface area (Å²) < 4.78 is 5.40. The van der Waals surface area contributed by atoms with Crippen LogP contribution in [0.4, 0.5) is 11.5 Å².